The van der Waals surface area contributed by atoms with Crippen LogP contribution in [-0.2, 0) is 4.79 Å². The minimum Gasteiger partial charge on any atom is -0.325 e. The zero-order chi connectivity index (χ0) is 12.1. The van der Waals surface area contributed by atoms with Gasteiger partial charge in [0.05, 0.1) is 5.75 Å². The van der Waals surface area contributed by atoms with Gasteiger partial charge in [-0.25, -0.2) is 4.98 Å². The van der Waals surface area contributed by atoms with E-state index in [0.717, 1.165) is 9.26 Å². The Morgan fingerprint density at radius 1 is 1.41 bits per heavy atom. The Labute approximate surface area is 116 Å². The van der Waals surface area contributed by atoms with Crippen molar-refractivity contribution in [2.75, 3.05) is 11.1 Å². The van der Waals surface area contributed by atoms with Crippen molar-refractivity contribution in [1.82, 2.24) is 15.2 Å². The van der Waals surface area contributed by atoms with Gasteiger partial charge in [0.1, 0.15) is 6.33 Å². The topological polar surface area (TPSA) is 70.7 Å². The molecule has 17 heavy (non-hydrogen) atoms. The summed E-state index contributed by atoms with van der Waals surface area (Å²) in [7, 11) is 0. The van der Waals surface area contributed by atoms with Crippen LogP contribution in [0.25, 0.3) is 0 Å². The molecule has 1 heterocycles. The summed E-state index contributed by atoms with van der Waals surface area (Å²) in [5, 5.41) is 9.84. The number of halogens is 1. The summed E-state index contributed by atoms with van der Waals surface area (Å²) in [6, 6.07) is 7.64. The maximum absolute atomic E-state index is 11.6. The van der Waals surface area contributed by atoms with E-state index in [0.29, 0.717) is 10.9 Å². The van der Waals surface area contributed by atoms with E-state index in [1.54, 1.807) is 0 Å². The van der Waals surface area contributed by atoms with Gasteiger partial charge in [0, 0.05) is 9.26 Å². The van der Waals surface area contributed by atoms with Crippen LogP contribution in [0.3, 0.4) is 0 Å². The van der Waals surface area contributed by atoms with Crippen molar-refractivity contribution in [3.05, 3.63) is 34.2 Å². The fourth-order valence-electron chi connectivity index (χ4n) is 1.13. The second-order valence-corrected chi connectivity index (χ2v) is 5.34. The zero-order valence-electron chi connectivity index (χ0n) is 8.68. The number of rotatable bonds is 4. The lowest BCUT2D eigenvalue weighted by molar-refractivity contribution is -0.113. The molecule has 5 nitrogen and oxygen atoms in total. The lowest BCUT2D eigenvalue weighted by Crippen LogP contribution is -2.14. The van der Waals surface area contributed by atoms with E-state index in [1.807, 2.05) is 24.3 Å². The number of anilines is 1. The molecule has 0 saturated heterocycles. The molecule has 0 bridgehead atoms. The number of benzene rings is 1. The smallest absolute Gasteiger partial charge is 0.234 e. The van der Waals surface area contributed by atoms with Crippen molar-refractivity contribution >= 4 is 45.9 Å². The second-order valence-electron chi connectivity index (χ2n) is 3.13. The van der Waals surface area contributed by atoms with Crippen LogP contribution < -0.4 is 5.32 Å². The van der Waals surface area contributed by atoms with Gasteiger partial charge in [-0.15, -0.1) is 0 Å². The van der Waals surface area contributed by atoms with Gasteiger partial charge in [-0.05, 0) is 46.9 Å². The van der Waals surface area contributed by atoms with Crippen LogP contribution >= 0.6 is 34.4 Å². The van der Waals surface area contributed by atoms with Crippen LogP contribution in [0.1, 0.15) is 0 Å². The van der Waals surface area contributed by atoms with Crippen molar-refractivity contribution < 1.29 is 4.79 Å². The van der Waals surface area contributed by atoms with Gasteiger partial charge in [0.25, 0.3) is 0 Å². The zero-order valence-corrected chi connectivity index (χ0v) is 11.7. The molecule has 88 valence electrons. The van der Waals surface area contributed by atoms with Crippen molar-refractivity contribution in [2.24, 2.45) is 0 Å². The Morgan fingerprint density at radius 2 is 2.18 bits per heavy atom. The molecule has 1 amide bonds. The molecule has 0 radical (unpaired) electrons. The van der Waals surface area contributed by atoms with E-state index < -0.39 is 0 Å². The molecule has 1 aromatic heterocycles. The number of carbonyl (C=O) groups excluding carboxylic acids is 1. The number of nitrogens with zero attached hydrogens (tertiary/aromatic N) is 2. The molecular formula is C10H9IN4OS. The minimum absolute atomic E-state index is 0.0624. The highest BCUT2D eigenvalue weighted by atomic mass is 127. The first kappa shape index (κ1) is 12.4. The first-order chi connectivity index (χ1) is 8.24. The molecular weight excluding hydrogens is 351 g/mol. The molecule has 0 fully saturated rings. The molecule has 0 spiro atoms. The van der Waals surface area contributed by atoms with Gasteiger partial charge >= 0.3 is 0 Å². The van der Waals surface area contributed by atoms with E-state index in [2.05, 4.69) is 43.1 Å². The standard InChI is InChI=1S/C10H9IN4OS/c11-7-1-3-8(4-2-7)14-9(16)5-17-10-12-6-13-15-10/h1-4,6H,5H2,(H,14,16)(H,12,13,15). The van der Waals surface area contributed by atoms with Crippen LogP contribution in [0.5, 0.6) is 0 Å². The third kappa shape index (κ3) is 4.00. The van der Waals surface area contributed by atoms with E-state index >= 15 is 0 Å². The molecule has 0 aliphatic rings. The lowest BCUT2D eigenvalue weighted by Gasteiger charge is -2.03. The Morgan fingerprint density at radius 3 is 2.82 bits per heavy atom. The highest BCUT2D eigenvalue weighted by Gasteiger charge is 2.04. The van der Waals surface area contributed by atoms with Crippen molar-refractivity contribution in [2.45, 2.75) is 5.16 Å². The second kappa shape index (κ2) is 6.01. The van der Waals surface area contributed by atoms with Crippen LogP contribution in [0.2, 0.25) is 0 Å². The molecule has 7 heteroatoms. The Bertz CT molecular complexity index is 486. The minimum atomic E-state index is -0.0624. The lowest BCUT2D eigenvalue weighted by atomic mass is 10.3. The van der Waals surface area contributed by atoms with E-state index in [1.165, 1.54) is 18.1 Å². The van der Waals surface area contributed by atoms with E-state index in [-0.39, 0.29) is 5.91 Å². The number of carbonyl (C=O) groups is 1. The summed E-state index contributed by atoms with van der Waals surface area (Å²) in [6.45, 7) is 0. The van der Waals surface area contributed by atoms with Crippen molar-refractivity contribution in [1.29, 1.82) is 0 Å². The monoisotopic (exact) mass is 360 g/mol. The maximum atomic E-state index is 11.6. The number of nitrogens with one attached hydrogen (secondary N) is 2. The molecule has 0 aliphatic heterocycles. The quantitative estimate of drug-likeness (QED) is 0.648. The number of amides is 1. The van der Waals surface area contributed by atoms with Gasteiger partial charge in [0.2, 0.25) is 5.91 Å². The van der Waals surface area contributed by atoms with Crippen molar-refractivity contribution in [3.63, 3.8) is 0 Å². The van der Waals surface area contributed by atoms with Gasteiger partial charge < -0.3 is 5.32 Å². The number of hydrogen-bond donors (Lipinski definition) is 2. The van der Waals surface area contributed by atoms with Crippen LogP contribution in [-0.4, -0.2) is 26.8 Å². The van der Waals surface area contributed by atoms with Gasteiger partial charge in [0.15, 0.2) is 5.16 Å². The van der Waals surface area contributed by atoms with E-state index in [4.69, 9.17) is 0 Å². The summed E-state index contributed by atoms with van der Waals surface area (Å²) >= 11 is 3.53. The molecule has 0 unspecified atom stereocenters. The molecule has 0 aliphatic carbocycles. The van der Waals surface area contributed by atoms with Crippen LogP contribution in [0.15, 0.2) is 35.7 Å². The third-order valence-electron chi connectivity index (χ3n) is 1.86. The largest absolute Gasteiger partial charge is 0.325 e. The van der Waals surface area contributed by atoms with Gasteiger partial charge in [-0.1, -0.05) is 11.8 Å². The number of hydrogen-bond acceptors (Lipinski definition) is 4. The highest BCUT2D eigenvalue weighted by molar-refractivity contribution is 14.1. The molecule has 0 saturated carbocycles. The number of thioether (sulfide) groups is 1. The number of H-pyrrole nitrogens is 1. The molecule has 2 rings (SSSR count). The fourth-order valence-corrected chi connectivity index (χ4v) is 2.07. The molecule has 1 aromatic carbocycles. The predicted octanol–water partition coefficient (Wildman–Crippen LogP) is 2.14. The summed E-state index contributed by atoms with van der Waals surface area (Å²) < 4.78 is 1.14. The first-order valence-electron chi connectivity index (χ1n) is 4.77. The summed E-state index contributed by atoms with van der Waals surface area (Å²) in [4.78, 5) is 15.5. The number of aromatic amines is 1. The molecule has 0 atom stereocenters. The summed E-state index contributed by atoms with van der Waals surface area (Å²) in [6.07, 6.45) is 1.42. The predicted molar refractivity (Wildman–Crippen MR) is 74.9 cm³/mol. The molecule has 2 aromatic rings. The van der Waals surface area contributed by atoms with Crippen LogP contribution in [0, 0.1) is 3.57 Å². The Balaban J connectivity index is 1.83. The van der Waals surface area contributed by atoms with Gasteiger partial charge in [-0.3, -0.25) is 9.89 Å². The highest BCUT2D eigenvalue weighted by Crippen LogP contribution is 2.13. The van der Waals surface area contributed by atoms with E-state index in [9.17, 15) is 4.79 Å². The normalized spacial score (nSPS) is 10.2. The summed E-state index contributed by atoms with van der Waals surface area (Å²) in [5.41, 5.74) is 0.800. The SMILES string of the molecule is O=C(CSc1ncn[nH]1)Nc1ccc(I)cc1. The van der Waals surface area contributed by atoms with Crippen molar-refractivity contribution in [3.8, 4) is 0 Å². The fraction of sp³-hybridized carbons (Fsp3) is 0.100. The number of aromatic nitrogens is 3. The van der Waals surface area contributed by atoms with Crippen LogP contribution in [0.4, 0.5) is 5.69 Å². The Hall–Kier alpha value is -1.09. The first-order valence-corrected chi connectivity index (χ1v) is 6.84. The average molecular weight is 360 g/mol. The molecule has 2 N–H and O–H groups in total. The average Bonchev–Trinajstić information content (AvgIpc) is 2.83. The summed E-state index contributed by atoms with van der Waals surface area (Å²) in [5.74, 6) is 0.244. The Kier molecular flexibility index (Phi) is 4.37. The third-order valence-corrected chi connectivity index (χ3v) is 3.46. The van der Waals surface area contributed by atoms with Gasteiger partial charge in [-0.2, -0.15) is 5.10 Å². The maximum Gasteiger partial charge on any atom is 0.234 e.